The van der Waals surface area contributed by atoms with Gasteiger partial charge in [0.1, 0.15) is 5.82 Å². The lowest BCUT2D eigenvalue weighted by Crippen LogP contribution is -2.37. The molecule has 0 spiro atoms. The highest BCUT2D eigenvalue weighted by Crippen LogP contribution is 2.33. The van der Waals surface area contributed by atoms with Crippen LogP contribution in [0.3, 0.4) is 0 Å². The molecule has 1 aliphatic rings. The molecule has 0 aromatic heterocycles. The summed E-state index contributed by atoms with van der Waals surface area (Å²) >= 11 is 0. The first kappa shape index (κ1) is 18.2. The maximum Gasteiger partial charge on any atom is 0.238 e. The first-order valence-corrected chi connectivity index (χ1v) is 8.52. The van der Waals surface area contributed by atoms with E-state index in [-0.39, 0.29) is 18.1 Å². The second-order valence-electron chi connectivity index (χ2n) is 6.47. The summed E-state index contributed by atoms with van der Waals surface area (Å²) in [5, 5.41) is 2.65. The van der Waals surface area contributed by atoms with Crippen LogP contribution in [-0.2, 0) is 17.8 Å². The molecular formula is C20H23FN2O3. The van der Waals surface area contributed by atoms with Crippen LogP contribution in [0.1, 0.15) is 16.7 Å². The number of fused-ring (bicyclic) bond motifs is 1. The van der Waals surface area contributed by atoms with Crippen molar-refractivity contribution in [2.45, 2.75) is 19.9 Å². The van der Waals surface area contributed by atoms with Crippen molar-refractivity contribution >= 4 is 11.6 Å². The summed E-state index contributed by atoms with van der Waals surface area (Å²) in [6.07, 6.45) is 0.821. The molecule has 0 saturated carbocycles. The van der Waals surface area contributed by atoms with Gasteiger partial charge in [0.15, 0.2) is 11.5 Å². The molecule has 0 radical (unpaired) electrons. The molecule has 1 aliphatic heterocycles. The molecule has 0 bridgehead atoms. The van der Waals surface area contributed by atoms with E-state index in [1.807, 2.05) is 24.0 Å². The zero-order chi connectivity index (χ0) is 18.7. The standard InChI is InChI=1S/C20H23FN2O3/c1-13-4-5-17(16(21)8-13)22-20(24)12-23-7-6-14-9-18(25-2)19(26-3)10-15(14)11-23/h4-5,8-10H,6-7,11-12H2,1-3H3,(H,22,24). The van der Waals surface area contributed by atoms with Crippen molar-refractivity contribution in [2.24, 2.45) is 0 Å². The minimum absolute atomic E-state index is 0.209. The smallest absolute Gasteiger partial charge is 0.238 e. The lowest BCUT2D eigenvalue weighted by atomic mass is 9.99. The summed E-state index contributed by atoms with van der Waals surface area (Å²) in [5.41, 5.74) is 3.34. The van der Waals surface area contributed by atoms with Crippen LogP contribution in [-0.4, -0.2) is 38.1 Å². The summed E-state index contributed by atoms with van der Waals surface area (Å²) in [6, 6.07) is 8.72. The van der Waals surface area contributed by atoms with Crippen molar-refractivity contribution in [1.82, 2.24) is 4.90 Å². The van der Waals surface area contributed by atoms with E-state index >= 15 is 0 Å². The van der Waals surface area contributed by atoms with Gasteiger partial charge in [-0.25, -0.2) is 4.39 Å². The number of ether oxygens (including phenoxy) is 2. The number of nitrogens with one attached hydrogen (secondary N) is 1. The molecule has 1 heterocycles. The van der Waals surface area contributed by atoms with Crippen molar-refractivity contribution in [3.8, 4) is 11.5 Å². The number of hydrogen-bond donors (Lipinski definition) is 1. The molecule has 0 fully saturated rings. The fourth-order valence-corrected chi connectivity index (χ4v) is 3.19. The van der Waals surface area contributed by atoms with E-state index in [0.29, 0.717) is 18.0 Å². The Bertz CT molecular complexity index is 823. The van der Waals surface area contributed by atoms with Crippen LogP contribution in [0.25, 0.3) is 0 Å². The van der Waals surface area contributed by atoms with Crippen LogP contribution < -0.4 is 14.8 Å². The number of amides is 1. The molecule has 138 valence electrons. The number of halogens is 1. The number of rotatable bonds is 5. The topological polar surface area (TPSA) is 50.8 Å². The molecule has 6 heteroatoms. The second kappa shape index (κ2) is 7.74. The van der Waals surface area contributed by atoms with Gasteiger partial charge in [-0.2, -0.15) is 0 Å². The van der Waals surface area contributed by atoms with Crippen LogP contribution >= 0.6 is 0 Å². The van der Waals surface area contributed by atoms with Crippen molar-refractivity contribution < 1.29 is 18.7 Å². The van der Waals surface area contributed by atoms with Crippen LogP contribution in [0.15, 0.2) is 30.3 Å². The molecule has 0 atom stereocenters. The lowest BCUT2D eigenvalue weighted by Gasteiger charge is -2.29. The highest BCUT2D eigenvalue weighted by atomic mass is 19.1. The van der Waals surface area contributed by atoms with Crippen LogP contribution in [0.2, 0.25) is 0 Å². The summed E-state index contributed by atoms with van der Waals surface area (Å²) in [5.74, 6) is 0.752. The molecule has 26 heavy (non-hydrogen) atoms. The molecule has 1 N–H and O–H groups in total. The molecule has 3 rings (SSSR count). The molecule has 2 aromatic carbocycles. The third kappa shape index (κ3) is 3.96. The SMILES string of the molecule is COc1cc2c(cc1OC)CN(CC(=O)Nc1ccc(C)cc1F)CC2. The minimum atomic E-state index is -0.417. The van der Waals surface area contributed by atoms with Gasteiger partial charge in [-0.1, -0.05) is 6.07 Å². The molecule has 5 nitrogen and oxygen atoms in total. The van der Waals surface area contributed by atoms with Gasteiger partial charge in [0, 0.05) is 13.1 Å². The van der Waals surface area contributed by atoms with Gasteiger partial charge >= 0.3 is 0 Å². The quantitative estimate of drug-likeness (QED) is 0.892. The number of methoxy groups -OCH3 is 2. The number of nitrogens with zero attached hydrogens (tertiary/aromatic N) is 1. The molecule has 0 unspecified atom stereocenters. The number of aryl methyl sites for hydroxylation is 1. The number of carbonyl (C=O) groups is 1. The fraction of sp³-hybridized carbons (Fsp3) is 0.350. The Morgan fingerprint density at radius 1 is 1.15 bits per heavy atom. The predicted molar refractivity (Wildman–Crippen MR) is 98.3 cm³/mol. The largest absolute Gasteiger partial charge is 0.493 e. The second-order valence-corrected chi connectivity index (χ2v) is 6.47. The summed E-state index contributed by atoms with van der Waals surface area (Å²) in [7, 11) is 3.22. The van der Waals surface area contributed by atoms with Gasteiger partial charge in [0.2, 0.25) is 5.91 Å². The number of hydrogen-bond acceptors (Lipinski definition) is 4. The van der Waals surface area contributed by atoms with Crippen LogP contribution in [0.5, 0.6) is 11.5 Å². The van der Waals surface area contributed by atoms with E-state index in [2.05, 4.69) is 5.32 Å². The van der Waals surface area contributed by atoms with Crippen molar-refractivity contribution in [3.63, 3.8) is 0 Å². The zero-order valence-electron chi connectivity index (χ0n) is 15.3. The number of benzene rings is 2. The van der Waals surface area contributed by atoms with Gasteiger partial charge < -0.3 is 14.8 Å². The van der Waals surface area contributed by atoms with Crippen molar-refractivity contribution in [1.29, 1.82) is 0 Å². The Labute approximate surface area is 152 Å². The Hall–Kier alpha value is -2.60. The van der Waals surface area contributed by atoms with Gasteiger partial charge in [0.05, 0.1) is 26.5 Å². The summed E-state index contributed by atoms with van der Waals surface area (Å²) in [4.78, 5) is 14.3. The monoisotopic (exact) mass is 358 g/mol. The van der Waals surface area contributed by atoms with Gasteiger partial charge in [-0.15, -0.1) is 0 Å². The zero-order valence-corrected chi connectivity index (χ0v) is 15.3. The molecular weight excluding hydrogens is 335 g/mol. The van der Waals surface area contributed by atoms with Gasteiger partial charge in [-0.3, -0.25) is 9.69 Å². The third-order valence-corrected chi connectivity index (χ3v) is 4.56. The maximum absolute atomic E-state index is 13.9. The average molecular weight is 358 g/mol. The Balaban J connectivity index is 1.66. The normalized spacial score (nSPS) is 13.8. The van der Waals surface area contributed by atoms with E-state index in [9.17, 15) is 9.18 Å². The molecule has 0 saturated heterocycles. The average Bonchev–Trinajstić information content (AvgIpc) is 2.62. The predicted octanol–water partition coefficient (Wildman–Crippen LogP) is 3.15. The molecule has 1 amide bonds. The number of carbonyl (C=O) groups excluding carboxylic acids is 1. The van der Waals surface area contributed by atoms with Crippen LogP contribution in [0.4, 0.5) is 10.1 Å². The minimum Gasteiger partial charge on any atom is -0.493 e. The number of anilines is 1. The van der Waals surface area contributed by atoms with E-state index < -0.39 is 5.82 Å². The van der Waals surface area contributed by atoms with E-state index in [4.69, 9.17) is 9.47 Å². The summed E-state index contributed by atoms with van der Waals surface area (Å²) in [6.45, 7) is 3.41. The first-order valence-electron chi connectivity index (χ1n) is 8.52. The highest BCUT2D eigenvalue weighted by Gasteiger charge is 2.21. The van der Waals surface area contributed by atoms with Gasteiger partial charge in [-0.05, 0) is 54.3 Å². The highest BCUT2D eigenvalue weighted by molar-refractivity contribution is 5.92. The fourth-order valence-electron chi connectivity index (χ4n) is 3.19. The molecule has 2 aromatic rings. The first-order chi connectivity index (χ1) is 12.5. The Kier molecular flexibility index (Phi) is 5.42. The van der Waals surface area contributed by atoms with Gasteiger partial charge in [0.25, 0.3) is 0 Å². The summed E-state index contributed by atoms with van der Waals surface area (Å²) < 4.78 is 24.6. The van der Waals surface area contributed by atoms with Crippen LogP contribution in [0, 0.1) is 12.7 Å². The third-order valence-electron chi connectivity index (χ3n) is 4.56. The van der Waals surface area contributed by atoms with E-state index in [1.54, 1.807) is 26.4 Å². The molecule has 0 aliphatic carbocycles. The Morgan fingerprint density at radius 2 is 1.85 bits per heavy atom. The maximum atomic E-state index is 13.9. The van der Waals surface area contributed by atoms with Crippen molar-refractivity contribution in [3.05, 3.63) is 52.8 Å². The van der Waals surface area contributed by atoms with E-state index in [1.165, 1.54) is 11.6 Å². The lowest BCUT2D eigenvalue weighted by molar-refractivity contribution is -0.117. The Morgan fingerprint density at radius 3 is 2.50 bits per heavy atom. The van der Waals surface area contributed by atoms with Crippen molar-refractivity contribution in [2.75, 3.05) is 32.6 Å². The van der Waals surface area contributed by atoms with E-state index in [0.717, 1.165) is 24.1 Å².